The molecule has 1 aliphatic carbocycles. The maximum Gasteiger partial charge on any atom is 0.240 e. The molecule has 0 saturated heterocycles. The highest BCUT2D eigenvalue weighted by Gasteiger charge is 2.25. The number of nitrogens with one attached hydrogen (secondary N) is 3. The fourth-order valence-corrected chi connectivity index (χ4v) is 6.69. The Labute approximate surface area is 243 Å². The predicted molar refractivity (Wildman–Crippen MR) is 167 cm³/mol. The summed E-state index contributed by atoms with van der Waals surface area (Å²) in [6, 6.07) is 25.5. The third-order valence-corrected chi connectivity index (χ3v) is 9.23. The van der Waals surface area contributed by atoms with Crippen molar-refractivity contribution in [2.45, 2.75) is 62.0 Å². The summed E-state index contributed by atoms with van der Waals surface area (Å²) in [7, 11) is 0.367. The van der Waals surface area contributed by atoms with Gasteiger partial charge in [0, 0.05) is 44.2 Å². The van der Waals surface area contributed by atoms with E-state index in [1.54, 1.807) is 12.1 Å². The van der Waals surface area contributed by atoms with E-state index in [4.69, 9.17) is 9.97 Å². The van der Waals surface area contributed by atoms with Crippen LogP contribution in [0, 0.1) is 6.92 Å². The molecule has 1 aliphatic rings. The van der Waals surface area contributed by atoms with E-state index in [0.717, 1.165) is 53.5 Å². The van der Waals surface area contributed by atoms with E-state index in [0.29, 0.717) is 35.9 Å². The van der Waals surface area contributed by atoms with Gasteiger partial charge in [-0.25, -0.2) is 18.1 Å². The molecule has 9 heteroatoms. The average molecular weight is 573 g/mol. The highest BCUT2D eigenvalue weighted by molar-refractivity contribution is 7.89. The van der Waals surface area contributed by atoms with Crippen LogP contribution in [0.15, 0.2) is 83.8 Å². The smallest absolute Gasteiger partial charge is 0.240 e. The molecule has 41 heavy (non-hydrogen) atoms. The summed E-state index contributed by atoms with van der Waals surface area (Å²) >= 11 is 0. The van der Waals surface area contributed by atoms with Gasteiger partial charge in [-0.1, -0.05) is 60.2 Å². The van der Waals surface area contributed by atoms with Crippen molar-refractivity contribution < 1.29 is 8.42 Å². The van der Waals surface area contributed by atoms with Crippen LogP contribution in [0.1, 0.15) is 36.8 Å². The van der Waals surface area contributed by atoms with E-state index in [2.05, 4.69) is 21.4 Å². The fraction of sp³-hybridized carbons (Fsp3) is 0.375. The largest absolute Gasteiger partial charge is 0.362 e. The van der Waals surface area contributed by atoms with Crippen molar-refractivity contribution in [1.82, 2.24) is 20.0 Å². The number of fused-ring (bicyclic) bond motifs is 1. The minimum atomic E-state index is -3.64. The summed E-state index contributed by atoms with van der Waals surface area (Å²) in [6.07, 6.45) is 4.58. The van der Waals surface area contributed by atoms with Gasteiger partial charge in [0.2, 0.25) is 16.0 Å². The minimum Gasteiger partial charge on any atom is -0.362 e. The molecular formula is C32H40N6O2S. The molecule has 0 spiro atoms. The van der Waals surface area contributed by atoms with Gasteiger partial charge >= 0.3 is 0 Å². The molecule has 0 radical (unpaired) electrons. The molecule has 1 saturated carbocycles. The highest BCUT2D eigenvalue weighted by Crippen LogP contribution is 2.26. The fourth-order valence-electron chi connectivity index (χ4n) is 5.46. The van der Waals surface area contributed by atoms with Gasteiger partial charge in [-0.2, -0.15) is 4.98 Å². The molecular weight excluding hydrogens is 532 g/mol. The predicted octanol–water partition coefficient (Wildman–Crippen LogP) is 4.91. The molecule has 1 atom stereocenters. The SMILES string of the molecule is Cc1ccc(S(=O)(=O)N[C@H](CNC2CCC(Nc3nc(N(C)C)c4ccccc4n3)CC2)Cc2ccccc2)cc1. The third kappa shape index (κ3) is 7.61. The molecule has 0 aliphatic heterocycles. The van der Waals surface area contributed by atoms with Crippen LogP contribution in [-0.2, 0) is 16.4 Å². The van der Waals surface area contributed by atoms with Gasteiger partial charge in [-0.3, -0.25) is 0 Å². The molecule has 0 amide bonds. The van der Waals surface area contributed by atoms with E-state index < -0.39 is 10.0 Å². The zero-order chi connectivity index (χ0) is 28.8. The number of anilines is 2. The molecule has 8 nitrogen and oxygen atoms in total. The summed E-state index contributed by atoms with van der Waals surface area (Å²) in [5.74, 6) is 1.57. The van der Waals surface area contributed by atoms with E-state index >= 15 is 0 Å². The normalized spacial score (nSPS) is 18.2. The summed E-state index contributed by atoms with van der Waals surface area (Å²) in [5, 5.41) is 8.28. The Kier molecular flexibility index (Phi) is 9.17. The lowest BCUT2D eigenvalue weighted by molar-refractivity contribution is 0.342. The monoisotopic (exact) mass is 572 g/mol. The van der Waals surface area contributed by atoms with Crippen LogP contribution in [0.25, 0.3) is 10.9 Å². The second-order valence-electron chi connectivity index (χ2n) is 11.2. The second-order valence-corrected chi connectivity index (χ2v) is 12.9. The summed E-state index contributed by atoms with van der Waals surface area (Å²) in [6.45, 7) is 2.51. The Morgan fingerprint density at radius 1 is 0.854 bits per heavy atom. The average Bonchev–Trinajstić information content (AvgIpc) is 2.97. The molecule has 5 rings (SSSR count). The van der Waals surface area contributed by atoms with Gasteiger partial charge in [-0.15, -0.1) is 0 Å². The van der Waals surface area contributed by atoms with Crippen molar-refractivity contribution in [2.75, 3.05) is 30.9 Å². The van der Waals surface area contributed by atoms with Gasteiger partial charge in [0.15, 0.2) is 0 Å². The number of rotatable bonds is 11. The van der Waals surface area contributed by atoms with E-state index in [9.17, 15) is 8.42 Å². The standard InChI is InChI=1S/C32H40N6O2S/c1-23-13-19-28(20-14-23)41(39,40)37-27(21-24-9-5-4-6-10-24)22-33-25-15-17-26(18-16-25)34-32-35-30-12-8-7-11-29(30)31(36-32)38(2)3/h4-14,19-20,25-27,33,37H,15-18,21-22H2,1-3H3,(H,34,35,36)/t25?,26?,27-/m0/s1. The van der Waals surface area contributed by atoms with Gasteiger partial charge in [0.1, 0.15) is 5.82 Å². The maximum absolute atomic E-state index is 13.2. The molecule has 0 bridgehead atoms. The van der Waals surface area contributed by atoms with Crippen LogP contribution in [-0.4, -0.2) is 57.2 Å². The Bertz CT molecular complexity index is 1540. The van der Waals surface area contributed by atoms with E-state index in [1.165, 1.54) is 0 Å². The number of hydrogen-bond acceptors (Lipinski definition) is 7. The van der Waals surface area contributed by atoms with Gasteiger partial charge in [0.25, 0.3) is 0 Å². The Balaban J connectivity index is 1.19. The first-order chi connectivity index (χ1) is 19.8. The topological polar surface area (TPSA) is 99.2 Å². The quantitative estimate of drug-likeness (QED) is 0.235. The Morgan fingerprint density at radius 3 is 2.22 bits per heavy atom. The van der Waals surface area contributed by atoms with Crippen LogP contribution in [0.3, 0.4) is 0 Å². The number of hydrogen-bond donors (Lipinski definition) is 3. The Morgan fingerprint density at radius 2 is 1.51 bits per heavy atom. The van der Waals surface area contributed by atoms with Crippen molar-refractivity contribution in [3.8, 4) is 0 Å². The summed E-state index contributed by atoms with van der Waals surface area (Å²) < 4.78 is 29.4. The molecule has 0 unspecified atom stereocenters. The lowest BCUT2D eigenvalue weighted by Crippen LogP contribution is -2.47. The minimum absolute atomic E-state index is 0.269. The lowest BCUT2D eigenvalue weighted by Gasteiger charge is -2.31. The zero-order valence-corrected chi connectivity index (χ0v) is 24.9. The van der Waals surface area contributed by atoms with E-state index in [1.807, 2.05) is 86.6 Å². The Hall–Kier alpha value is -3.53. The molecule has 1 fully saturated rings. The van der Waals surface area contributed by atoms with Crippen LogP contribution >= 0.6 is 0 Å². The zero-order valence-electron chi connectivity index (χ0n) is 24.0. The van der Waals surface area contributed by atoms with Gasteiger partial charge in [0.05, 0.1) is 10.4 Å². The first-order valence-corrected chi connectivity index (χ1v) is 15.8. The van der Waals surface area contributed by atoms with Crippen molar-refractivity contribution in [3.05, 3.63) is 90.0 Å². The molecule has 4 aromatic rings. The van der Waals surface area contributed by atoms with Gasteiger partial charge < -0.3 is 15.5 Å². The number of para-hydroxylation sites is 1. The lowest BCUT2D eigenvalue weighted by atomic mass is 9.91. The number of aromatic nitrogens is 2. The number of nitrogens with zero attached hydrogens (tertiary/aromatic N) is 3. The second kappa shape index (κ2) is 13.0. The van der Waals surface area contributed by atoms with Crippen molar-refractivity contribution in [2.24, 2.45) is 0 Å². The van der Waals surface area contributed by atoms with Crippen molar-refractivity contribution in [1.29, 1.82) is 0 Å². The van der Waals surface area contributed by atoms with Gasteiger partial charge in [-0.05, 0) is 68.9 Å². The number of sulfonamides is 1. The first-order valence-electron chi connectivity index (χ1n) is 14.3. The first kappa shape index (κ1) is 29.0. The van der Waals surface area contributed by atoms with E-state index in [-0.39, 0.29) is 6.04 Å². The molecule has 1 heterocycles. The van der Waals surface area contributed by atoms with Crippen LogP contribution in [0.4, 0.5) is 11.8 Å². The van der Waals surface area contributed by atoms with Crippen LogP contribution < -0.4 is 20.3 Å². The summed E-state index contributed by atoms with van der Waals surface area (Å²) in [4.78, 5) is 11.9. The van der Waals surface area contributed by atoms with Crippen molar-refractivity contribution >= 4 is 32.7 Å². The summed E-state index contributed by atoms with van der Waals surface area (Å²) in [5.41, 5.74) is 3.06. The van der Waals surface area contributed by atoms with Crippen LogP contribution in [0.5, 0.6) is 0 Å². The maximum atomic E-state index is 13.2. The molecule has 1 aromatic heterocycles. The number of benzene rings is 3. The third-order valence-electron chi connectivity index (χ3n) is 7.70. The molecule has 3 aromatic carbocycles. The molecule has 216 valence electrons. The number of aryl methyl sites for hydroxylation is 1. The highest BCUT2D eigenvalue weighted by atomic mass is 32.2. The molecule has 3 N–H and O–H groups in total. The van der Waals surface area contributed by atoms with Crippen LogP contribution in [0.2, 0.25) is 0 Å². The van der Waals surface area contributed by atoms with Crippen molar-refractivity contribution in [3.63, 3.8) is 0 Å².